The molecule has 0 amide bonds. The van der Waals surface area contributed by atoms with Crippen molar-refractivity contribution in [1.82, 2.24) is 9.97 Å². The maximum absolute atomic E-state index is 5.52. The van der Waals surface area contributed by atoms with Crippen LogP contribution < -0.4 is 0 Å². The van der Waals surface area contributed by atoms with Crippen molar-refractivity contribution >= 4 is 11.2 Å². The van der Waals surface area contributed by atoms with Gasteiger partial charge in [-0.05, 0) is 25.5 Å². The zero-order valence-electron chi connectivity index (χ0n) is 10.7. The van der Waals surface area contributed by atoms with Crippen LogP contribution in [0.25, 0.3) is 22.4 Å². The summed E-state index contributed by atoms with van der Waals surface area (Å²) >= 11 is 0. The quantitative estimate of drug-likeness (QED) is 0.647. The van der Waals surface area contributed by atoms with Crippen LogP contribution in [0.3, 0.4) is 0 Å². The maximum Gasteiger partial charge on any atom is 0.198 e. The van der Waals surface area contributed by atoms with Crippen molar-refractivity contribution in [1.29, 1.82) is 0 Å². The number of benzene rings is 1. The number of fused-ring (bicyclic) bond motifs is 1. The lowest BCUT2D eigenvalue weighted by molar-refractivity contribution is 0.561. The van der Waals surface area contributed by atoms with Gasteiger partial charge in [0.05, 0.1) is 0 Å². The molecule has 0 spiro atoms. The molecule has 0 N–H and O–H groups in total. The van der Waals surface area contributed by atoms with E-state index in [0.29, 0.717) is 11.5 Å². The highest BCUT2D eigenvalue weighted by Crippen LogP contribution is 2.24. The molecule has 0 aliphatic heterocycles. The summed E-state index contributed by atoms with van der Waals surface area (Å²) in [6.07, 6.45) is 1.85. The van der Waals surface area contributed by atoms with E-state index in [9.17, 15) is 0 Å². The molecule has 0 radical (unpaired) electrons. The Labute approximate surface area is 105 Å². The first kappa shape index (κ1) is 11.0. The third-order valence-corrected chi connectivity index (χ3v) is 2.91. The second-order valence-corrected chi connectivity index (χ2v) is 4.66. The van der Waals surface area contributed by atoms with Crippen molar-refractivity contribution in [3.63, 3.8) is 0 Å². The fourth-order valence-electron chi connectivity index (χ4n) is 2.23. The van der Waals surface area contributed by atoms with E-state index in [-0.39, 0.29) is 0 Å². The number of rotatable bonds is 1. The van der Waals surface area contributed by atoms with Crippen molar-refractivity contribution in [2.75, 3.05) is 0 Å². The Bertz CT molecular complexity index is 708. The van der Waals surface area contributed by atoms with E-state index in [0.717, 1.165) is 16.7 Å². The summed E-state index contributed by atoms with van der Waals surface area (Å²) in [6.45, 7) is 6.03. The van der Waals surface area contributed by atoms with Crippen LogP contribution in [0.5, 0.6) is 0 Å². The molecule has 1 aromatic carbocycles. The van der Waals surface area contributed by atoms with Gasteiger partial charge in [-0.2, -0.15) is 4.98 Å². The van der Waals surface area contributed by atoms with Crippen molar-refractivity contribution in [3.05, 3.63) is 47.5 Å². The van der Waals surface area contributed by atoms with Crippen molar-refractivity contribution < 1.29 is 4.42 Å². The van der Waals surface area contributed by atoms with Crippen molar-refractivity contribution in [2.45, 2.75) is 20.8 Å². The number of hydrogen-bond donors (Lipinski definition) is 0. The van der Waals surface area contributed by atoms with Crippen molar-refractivity contribution in [3.8, 4) is 11.1 Å². The van der Waals surface area contributed by atoms with Gasteiger partial charge in [0, 0.05) is 18.7 Å². The number of hydrogen-bond acceptors (Lipinski definition) is 3. The second kappa shape index (κ2) is 3.95. The molecule has 2 aromatic heterocycles. The first-order chi connectivity index (χ1) is 8.61. The monoisotopic (exact) mass is 238 g/mol. The molecule has 3 rings (SSSR count). The van der Waals surface area contributed by atoms with E-state index in [1.54, 1.807) is 0 Å². The zero-order valence-corrected chi connectivity index (χ0v) is 10.7. The predicted molar refractivity (Wildman–Crippen MR) is 71.5 cm³/mol. The third-order valence-electron chi connectivity index (χ3n) is 2.91. The van der Waals surface area contributed by atoms with Crippen LogP contribution >= 0.6 is 0 Å². The summed E-state index contributed by atoms with van der Waals surface area (Å²) in [4.78, 5) is 8.54. The number of pyridine rings is 1. The lowest BCUT2D eigenvalue weighted by Crippen LogP contribution is -1.84. The molecule has 0 aliphatic rings. The summed E-state index contributed by atoms with van der Waals surface area (Å²) in [5.41, 5.74) is 6.13. The molecule has 3 nitrogen and oxygen atoms in total. The Kier molecular flexibility index (Phi) is 2.40. The Balaban J connectivity index is 2.18. The summed E-state index contributed by atoms with van der Waals surface area (Å²) in [5, 5.41) is 0. The highest BCUT2D eigenvalue weighted by Gasteiger charge is 2.06. The summed E-state index contributed by atoms with van der Waals surface area (Å²) in [7, 11) is 0. The van der Waals surface area contributed by atoms with E-state index in [1.807, 2.05) is 19.2 Å². The van der Waals surface area contributed by atoms with Gasteiger partial charge in [-0.25, -0.2) is 4.98 Å². The van der Waals surface area contributed by atoms with Gasteiger partial charge in [0.2, 0.25) is 0 Å². The molecule has 90 valence electrons. The highest BCUT2D eigenvalue weighted by atomic mass is 16.3. The van der Waals surface area contributed by atoms with Gasteiger partial charge in [0.15, 0.2) is 17.1 Å². The fourth-order valence-corrected chi connectivity index (χ4v) is 2.23. The van der Waals surface area contributed by atoms with Crippen molar-refractivity contribution in [2.24, 2.45) is 0 Å². The molecule has 0 unspecified atom stereocenters. The summed E-state index contributed by atoms with van der Waals surface area (Å²) < 4.78 is 5.52. The minimum Gasteiger partial charge on any atom is -0.439 e. The molecule has 18 heavy (non-hydrogen) atoms. The van der Waals surface area contributed by atoms with Gasteiger partial charge in [-0.3, -0.25) is 0 Å². The molecule has 0 fully saturated rings. The Morgan fingerprint density at radius 2 is 1.61 bits per heavy atom. The molecule has 0 saturated heterocycles. The number of oxazole rings is 1. The van der Waals surface area contributed by atoms with Crippen LogP contribution in [0.15, 0.2) is 34.9 Å². The van der Waals surface area contributed by atoms with Gasteiger partial charge in [0.25, 0.3) is 0 Å². The van der Waals surface area contributed by atoms with Gasteiger partial charge < -0.3 is 4.42 Å². The molecule has 0 bridgehead atoms. The second-order valence-electron chi connectivity index (χ2n) is 4.66. The maximum atomic E-state index is 5.52. The average Bonchev–Trinajstić information content (AvgIpc) is 2.66. The fraction of sp³-hybridized carbons (Fsp3) is 0.200. The average molecular weight is 238 g/mol. The Hall–Kier alpha value is -2.16. The van der Waals surface area contributed by atoms with Crippen LogP contribution in [0.2, 0.25) is 0 Å². The number of aryl methyl sites for hydroxylation is 3. The Morgan fingerprint density at radius 1 is 0.889 bits per heavy atom. The minimum atomic E-state index is 0.648. The van der Waals surface area contributed by atoms with E-state index < -0.39 is 0 Å². The standard InChI is InChI=1S/C15H14N2O/c1-9-4-10(2)6-12(5-9)13-7-14-15(16-8-13)17-11(3)18-14/h4-8H,1-3H3. The highest BCUT2D eigenvalue weighted by molar-refractivity contribution is 5.76. The first-order valence-electron chi connectivity index (χ1n) is 5.94. The Morgan fingerprint density at radius 3 is 2.33 bits per heavy atom. The lowest BCUT2D eigenvalue weighted by atomic mass is 10.0. The van der Waals surface area contributed by atoms with E-state index in [4.69, 9.17) is 4.42 Å². The largest absolute Gasteiger partial charge is 0.439 e. The number of aromatic nitrogens is 2. The summed E-state index contributed by atoms with van der Waals surface area (Å²) in [6, 6.07) is 8.46. The van der Waals surface area contributed by atoms with E-state index >= 15 is 0 Å². The SMILES string of the molecule is Cc1cc(C)cc(-c2cnc3nc(C)oc3c2)c1. The minimum absolute atomic E-state index is 0.648. The summed E-state index contributed by atoms with van der Waals surface area (Å²) in [5.74, 6) is 0.648. The molecule has 3 aromatic rings. The van der Waals surface area contributed by atoms with Gasteiger partial charge >= 0.3 is 0 Å². The van der Waals surface area contributed by atoms with Crippen LogP contribution in [0.4, 0.5) is 0 Å². The lowest BCUT2D eigenvalue weighted by Gasteiger charge is -2.04. The molecule has 0 atom stereocenters. The number of nitrogens with zero attached hydrogens (tertiary/aromatic N) is 2. The van der Waals surface area contributed by atoms with Crippen LogP contribution in [0.1, 0.15) is 17.0 Å². The van der Waals surface area contributed by atoms with Crippen LogP contribution in [0, 0.1) is 20.8 Å². The normalized spacial score (nSPS) is 11.1. The zero-order chi connectivity index (χ0) is 12.7. The van der Waals surface area contributed by atoms with E-state index in [2.05, 4.69) is 42.0 Å². The molecular weight excluding hydrogens is 224 g/mol. The molecule has 2 heterocycles. The molecule has 0 saturated carbocycles. The topological polar surface area (TPSA) is 38.9 Å². The van der Waals surface area contributed by atoms with Crippen LogP contribution in [-0.4, -0.2) is 9.97 Å². The van der Waals surface area contributed by atoms with E-state index in [1.165, 1.54) is 11.1 Å². The van der Waals surface area contributed by atoms with Crippen LogP contribution in [-0.2, 0) is 0 Å². The molecule has 0 aliphatic carbocycles. The molecular formula is C15H14N2O. The van der Waals surface area contributed by atoms with Gasteiger partial charge in [-0.1, -0.05) is 29.3 Å². The van der Waals surface area contributed by atoms with Gasteiger partial charge in [-0.15, -0.1) is 0 Å². The predicted octanol–water partition coefficient (Wildman–Crippen LogP) is 3.82. The smallest absolute Gasteiger partial charge is 0.198 e. The first-order valence-corrected chi connectivity index (χ1v) is 5.94. The molecule has 3 heteroatoms. The van der Waals surface area contributed by atoms with Gasteiger partial charge in [0.1, 0.15) is 0 Å². The third kappa shape index (κ3) is 1.88.